The van der Waals surface area contributed by atoms with E-state index in [4.69, 9.17) is 4.55 Å². The van der Waals surface area contributed by atoms with Crippen molar-refractivity contribution in [1.29, 1.82) is 0 Å². The number of aryl methyl sites for hydroxylation is 1. The zero-order valence-corrected chi connectivity index (χ0v) is 35.1. The van der Waals surface area contributed by atoms with Gasteiger partial charge in [0, 0.05) is 0 Å². The smallest absolute Gasteiger partial charge is 0.282 e. The first kappa shape index (κ1) is 48.1. The van der Waals surface area contributed by atoms with Gasteiger partial charge in [-0.05, 0) is 30.5 Å². The lowest BCUT2D eigenvalue weighted by molar-refractivity contribution is 0.483. The summed E-state index contributed by atoms with van der Waals surface area (Å²) in [4.78, 5) is -0.0203. The molecule has 0 heterocycles. The molecule has 3 nitrogen and oxygen atoms in total. The number of benzene rings is 1. The van der Waals surface area contributed by atoms with Crippen molar-refractivity contribution >= 4 is 10.1 Å². The van der Waals surface area contributed by atoms with Gasteiger partial charge in [-0.1, -0.05) is 263 Å². The highest BCUT2D eigenvalue weighted by molar-refractivity contribution is 7.85. The van der Waals surface area contributed by atoms with Gasteiger partial charge in [0.25, 0.3) is 10.1 Å². The number of hydrogen-bond acceptors (Lipinski definition) is 2. The quantitative estimate of drug-likeness (QED) is 0.0539. The fourth-order valence-corrected chi connectivity index (χ4v) is 8.25. The molecular formula is C47H88O3S. The predicted molar refractivity (Wildman–Crippen MR) is 226 cm³/mol. The topological polar surface area (TPSA) is 54.4 Å². The molecule has 1 aromatic rings. The van der Waals surface area contributed by atoms with Crippen molar-refractivity contribution in [3.8, 4) is 0 Å². The van der Waals surface area contributed by atoms with Gasteiger partial charge in [-0.15, -0.1) is 0 Å². The summed E-state index contributed by atoms with van der Waals surface area (Å²) in [6.07, 6.45) is 57.0. The number of rotatable bonds is 41. The second-order valence-electron chi connectivity index (χ2n) is 16.3. The van der Waals surface area contributed by atoms with Crippen molar-refractivity contribution in [2.75, 3.05) is 0 Å². The highest BCUT2D eigenvalue weighted by atomic mass is 32.2. The van der Waals surface area contributed by atoms with E-state index in [1.54, 1.807) is 0 Å². The van der Waals surface area contributed by atoms with Gasteiger partial charge in [0.1, 0.15) is 0 Å². The van der Waals surface area contributed by atoms with Crippen LogP contribution in [0.5, 0.6) is 0 Å². The molecule has 0 aliphatic rings. The molecule has 0 unspecified atom stereocenters. The van der Waals surface area contributed by atoms with E-state index in [-0.39, 0.29) is 4.90 Å². The lowest BCUT2D eigenvalue weighted by Crippen LogP contribution is -1.98. The summed E-state index contributed by atoms with van der Waals surface area (Å²) in [5.41, 5.74) is 1.14. The Morgan fingerprint density at radius 3 is 0.725 bits per heavy atom. The highest BCUT2D eigenvalue weighted by Gasteiger charge is 2.08. The fraction of sp³-hybridized carbons (Fsp3) is 0.872. The minimum Gasteiger partial charge on any atom is -0.282 e. The minimum absolute atomic E-state index is 0.0203. The van der Waals surface area contributed by atoms with E-state index in [1.807, 2.05) is 12.1 Å². The van der Waals surface area contributed by atoms with E-state index >= 15 is 0 Å². The van der Waals surface area contributed by atoms with Crippen LogP contribution in [0.3, 0.4) is 0 Å². The van der Waals surface area contributed by atoms with Crippen LogP contribution in [0.2, 0.25) is 0 Å². The van der Waals surface area contributed by atoms with Crippen molar-refractivity contribution in [3.63, 3.8) is 0 Å². The van der Waals surface area contributed by atoms with E-state index in [0.717, 1.165) is 18.4 Å². The van der Waals surface area contributed by atoms with Crippen LogP contribution >= 0.6 is 0 Å². The lowest BCUT2D eigenvalue weighted by atomic mass is 10.0. The summed E-state index contributed by atoms with van der Waals surface area (Å²) in [6.45, 7) is 2.30. The Hall–Kier alpha value is -0.870. The maximum Gasteiger partial charge on any atom is 0.294 e. The van der Waals surface area contributed by atoms with Crippen molar-refractivity contribution in [2.24, 2.45) is 0 Å². The molecule has 0 aromatic heterocycles. The van der Waals surface area contributed by atoms with E-state index < -0.39 is 10.1 Å². The Kier molecular flexibility index (Phi) is 35.4. The Morgan fingerprint density at radius 1 is 0.333 bits per heavy atom. The van der Waals surface area contributed by atoms with Gasteiger partial charge in [0.05, 0.1) is 4.90 Å². The Labute approximate surface area is 320 Å². The average molecular weight is 733 g/mol. The molecule has 0 saturated carbocycles. The predicted octanol–water partition coefficient (Wildman–Crippen LogP) is 16.7. The Balaban J connectivity index is 1.65. The second-order valence-corrected chi connectivity index (χ2v) is 17.7. The summed E-state index contributed by atoms with van der Waals surface area (Å²) in [6, 6.07) is 6.62. The summed E-state index contributed by atoms with van der Waals surface area (Å²) < 4.78 is 31.3. The molecule has 4 heteroatoms. The van der Waals surface area contributed by atoms with E-state index in [1.165, 1.54) is 256 Å². The summed E-state index contributed by atoms with van der Waals surface area (Å²) in [5, 5.41) is 0. The molecule has 1 aromatic carbocycles. The van der Waals surface area contributed by atoms with Crippen LogP contribution in [0.25, 0.3) is 0 Å². The highest BCUT2D eigenvalue weighted by Crippen LogP contribution is 2.18. The second kappa shape index (κ2) is 37.4. The van der Waals surface area contributed by atoms with Crippen LogP contribution in [0.1, 0.15) is 263 Å². The lowest BCUT2D eigenvalue weighted by Gasteiger charge is -2.05. The summed E-state index contributed by atoms with van der Waals surface area (Å²) >= 11 is 0. The molecule has 0 radical (unpaired) electrons. The van der Waals surface area contributed by atoms with Crippen LogP contribution in [0.15, 0.2) is 29.2 Å². The molecule has 0 aliphatic carbocycles. The van der Waals surface area contributed by atoms with Crippen LogP contribution in [0.4, 0.5) is 0 Å². The zero-order chi connectivity index (χ0) is 36.8. The fourth-order valence-electron chi connectivity index (χ4n) is 7.77. The van der Waals surface area contributed by atoms with Crippen molar-refractivity contribution in [1.82, 2.24) is 0 Å². The van der Waals surface area contributed by atoms with Crippen LogP contribution in [-0.4, -0.2) is 13.0 Å². The first-order valence-corrected chi connectivity index (χ1v) is 24.5. The van der Waals surface area contributed by atoms with Crippen LogP contribution in [-0.2, 0) is 16.5 Å². The van der Waals surface area contributed by atoms with Gasteiger partial charge < -0.3 is 0 Å². The standard InChI is InChI=1S/C47H88O3S/c1-2-3-4-5-6-7-8-9-10-11-12-13-14-15-16-17-18-19-20-21-22-23-24-25-26-27-28-29-30-31-32-33-34-35-36-37-38-39-40-41-46-42-44-47(45-43-46)51(48,49)50/h42-45H,2-41H2,1H3,(H,48,49,50). The molecule has 0 saturated heterocycles. The molecule has 0 amide bonds. The van der Waals surface area contributed by atoms with Gasteiger partial charge in [-0.2, -0.15) is 8.42 Å². The SMILES string of the molecule is CCCCCCCCCCCCCCCCCCCCCCCCCCCCCCCCCCCCCCCCCc1ccc(S(=O)(=O)O)cc1. The zero-order valence-electron chi connectivity index (χ0n) is 34.3. The van der Waals surface area contributed by atoms with Gasteiger partial charge in [0.2, 0.25) is 0 Å². The Morgan fingerprint density at radius 2 is 0.529 bits per heavy atom. The summed E-state index contributed by atoms with van der Waals surface area (Å²) in [7, 11) is -4.08. The molecule has 51 heavy (non-hydrogen) atoms. The van der Waals surface area contributed by atoms with Gasteiger partial charge in [0.15, 0.2) is 0 Å². The third-order valence-electron chi connectivity index (χ3n) is 11.3. The van der Waals surface area contributed by atoms with Crippen molar-refractivity contribution in [3.05, 3.63) is 29.8 Å². The maximum absolute atomic E-state index is 11.1. The van der Waals surface area contributed by atoms with Crippen LogP contribution in [0, 0.1) is 0 Å². The van der Waals surface area contributed by atoms with E-state index in [9.17, 15) is 8.42 Å². The molecule has 0 aliphatic heterocycles. The van der Waals surface area contributed by atoms with Gasteiger partial charge in [-0.25, -0.2) is 0 Å². The molecule has 300 valence electrons. The number of hydrogen-bond donors (Lipinski definition) is 1. The molecule has 1 N–H and O–H groups in total. The first-order chi connectivity index (χ1) is 25.0. The molecule has 0 fully saturated rings. The molecular weight excluding hydrogens is 645 g/mol. The van der Waals surface area contributed by atoms with Crippen molar-refractivity contribution in [2.45, 2.75) is 269 Å². The third kappa shape index (κ3) is 34.6. The monoisotopic (exact) mass is 733 g/mol. The normalized spacial score (nSPS) is 11.9. The van der Waals surface area contributed by atoms with Crippen LogP contribution < -0.4 is 0 Å². The largest absolute Gasteiger partial charge is 0.294 e. The van der Waals surface area contributed by atoms with Gasteiger partial charge in [-0.3, -0.25) is 4.55 Å². The van der Waals surface area contributed by atoms with Crippen molar-refractivity contribution < 1.29 is 13.0 Å². The first-order valence-electron chi connectivity index (χ1n) is 23.1. The Bertz CT molecular complexity index is 925. The maximum atomic E-state index is 11.1. The molecule has 0 bridgehead atoms. The molecule has 0 spiro atoms. The molecule has 1 rings (SSSR count). The van der Waals surface area contributed by atoms with E-state index in [0.29, 0.717) is 0 Å². The summed E-state index contributed by atoms with van der Waals surface area (Å²) in [5.74, 6) is 0. The number of unbranched alkanes of at least 4 members (excludes halogenated alkanes) is 38. The van der Waals surface area contributed by atoms with E-state index in [2.05, 4.69) is 6.92 Å². The van der Waals surface area contributed by atoms with Gasteiger partial charge >= 0.3 is 0 Å². The third-order valence-corrected chi connectivity index (χ3v) is 12.2. The minimum atomic E-state index is -4.08. The average Bonchev–Trinajstić information content (AvgIpc) is 3.12. The molecule has 0 atom stereocenters.